The van der Waals surface area contributed by atoms with Crippen molar-refractivity contribution in [3.05, 3.63) is 71.6 Å². The van der Waals surface area contributed by atoms with E-state index in [1.807, 2.05) is 60.9 Å². The Morgan fingerprint density at radius 2 is 1.88 bits per heavy atom. The quantitative estimate of drug-likeness (QED) is 0.606. The molecule has 3 aromatic rings. The van der Waals surface area contributed by atoms with Gasteiger partial charge in [-0.05, 0) is 56.5 Å². The summed E-state index contributed by atoms with van der Waals surface area (Å²) in [6, 6.07) is 15.8. The highest BCUT2D eigenvalue weighted by Crippen LogP contribution is 2.34. The van der Waals surface area contributed by atoms with E-state index in [2.05, 4.69) is 11.4 Å². The summed E-state index contributed by atoms with van der Waals surface area (Å²) < 4.78 is 7.56. The second-order valence-electron chi connectivity index (χ2n) is 9.63. The molecule has 1 atom stereocenters. The number of hydrogen-bond acceptors (Lipinski definition) is 3. The molecule has 2 amide bonds. The molecule has 172 valence electrons. The van der Waals surface area contributed by atoms with Gasteiger partial charge in [0.15, 0.2) is 0 Å². The van der Waals surface area contributed by atoms with Gasteiger partial charge in [0, 0.05) is 12.6 Å². The van der Waals surface area contributed by atoms with Crippen LogP contribution in [0.25, 0.3) is 11.5 Å². The van der Waals surface area contributed by atoms with Gasteiger partial charge in [-0.3, -0.25) is 9.59 Å². The second-order valence-corrected chi connectivity index (χ2v) is 9.63. The maximum atomic E-state index is 13.8. The predicted octanol–water partition coefficient (Wildman–Crippen LogP) is 4.92. The summed E-state index contributed by atoms with van der Waals surface area (Å²) in [4.78, 5) is 29.3. The van der Waals surface area contributed by atoms with Crippen molar-refractivity contribution in [2.24, 2.45) is 0 Å². The van der Waals surface area contributed by atoms with E-state index >= 15 is 0 Å². The molecule has 6 heteroatoms. The minimum atomic E-state index is -1.02. The van der Waals surface area contributed by atoms with Crippen LogP contribution in [0.1, 0.15) is 60.6 Å². The standard InChI is InChI=1S/C27H31N3O3/c1-19-8-6-9-20(16-19)17-30-25(31)23-14-13-22(24-12-7-15-33-24)29(23)18-27(30,2)26(32)28-21-10-4-3-5-11-21/h6-9,12-16,21H,3-5,10-11,17-18H2,1-2H3,(H,28,32). The molecule has 2 aliphatic rings. The molecule has 0 spiro atoms. The number of carbonyl (C=O) groups excluding carboxylic acids is 2. The van der Waals surface area contributed by atoms with Gasteiger partial charge in [0.25, 0.3) is 5.91 Å². The van der Waals surface area contributed by atoms with Crippen LogP contribution < -0.4 is 5.32 Å². The van der Waals surface area contributed by atoms with E-state index in [-0.39, 0.29) is 17.9 Å². The molecule has 3 heterocycles. The van der Waals surface area contributed by atoms with Gasteiger partial charge >= 0.3 is 0 Å². The normalized spacial score (nSPS) is 21.2. The molecule has 0 saturated heterocycles. The number of hydrogen-bond donors (Lipinski definition) is 1. The Kier molecular flexibility index (Phi) is 5.60. The fourth-order valence-electron chi connectivity index (χ4n) is 5.24. The third kappa shape index (κ3) is 3.99. The van der Waals surface area contributed by atoms with Crippen molar-refractivity contribution in [2.45, 2.75) is 70.6 Å². The Labute approximate surface area is 194 Å². The first-order chi connectivity index (χ1) is 16.0. The molecule has 1 saturated carbocycles. The molecule has 1 fully saturated rings. The lowest BCUT2D eigenvalue weighted by molar-refractivity contribution is -0.134. The van der Waals surface area contributed by atoms with Crippen molar-refractivity contribution in [2.75, 3.05) is 0 Å². The van der Waals surface area contributed by atoms with Crippen molar-refractivity contribution in [1.82, 2.24) is 14.8 Å². The molecule has 0 bridgehead atoms. The molecule has 2 aromatic heterocycles. The van der Waals surface area contributed by atoms with Gasteiger partial charge in [-0.1, -0.05) is 49.1 Å². The average molecular weight is 446 g/mol. The zero-order chi connectivity index (χ0) is 23.0. The SMILES string of the molecule is Cc1cccc(CN2C(=O)c3ccc(-c4ccco4)n3CC2(C)C(=O)NC2CCCCC2)c1. The molecule has 1 N–H and O–H groups in total. The number of aryl methyl sites for hydroxylation is 1. The van der Waals surface area contributed by atoms with Gasteiger partial charge in [-0.2, -0.15) is 0 Å². The molecule has 6 nitrogen and oxygen atoms in total. The van der Waals surface area contributed by atoms with E-state index < -0.39 is 5.54 Å². The predicted molar refractivity (Wildman–Crippen MR) is 127 cm³/mol. The molecule has 1 aliphatic heterocycles. The number of nitrogens with one attached hydrogen (secondary N) is 1. The van der Waals surface area contributed by atoms with Crippen LogP contribution in [0.5, 0.6) is 0 Å². The van der Waals surface area contributed by atoms with Gasteiger partial charge in [-0.15, -0.1) is 0 Å². The van der Waals surface area contributed by atoms with Crippen molar-refractivity contribution < 1.29 is 14.0 Å². The summed E-state index contributed by atoms with van der Waals surface area (Å²) in [6.07, 6.45) is 7.12. The van der Waals surface area contributed by atoms with Crippen molar-refractivity contribution in [1.29, 1.82) is 0 Å². The molecule has 5 rings (SSSR count). The monoisotopic (exact) mass is 445 g/mol. The minimum Gasteiger partial charge on any atom is -0.463 e. The number of aromatic nitrogens is 1. The van der Waals surface area contributed by atoms with E-state index in [1.165, 1.54) is 6.42 Å². The molecular weight excluding hydrogens is 414 g/mol. The summed E-state index contributed by atoms with van der Waals surface area (Å²) in [5.41, 5.74) is 2.53. The Bertz CT molecular complexity index is 1160. The van der Waals surface area contributed by atoms with Crippen LogP contribution in [0.2, 0.25) is 0 Å². The number of fused-ring (bicyclic) bond motifs is 1. The van der Waals surface area contributed by atoms with Crippen LogP contribution in [0.15, 0.2) is 59.2 Å². The zero-order valence-corrected chi connectivity index (χ0v) is 19.3. The van der Waals surface area contributed by atoms with Gasteiger partial charge in [0.05, 0.1) is 18.5 Å². The Hall–Kier alpha value is -3.28. The Morgan fingerprint density at radius 3 is 2.61 bits per heavy atom. The van der Waals surface area contributed by atoms with E-state index in [0.717, 1.165) is 42.5 Å². The highest BCUT2D eigenvalue weighted by Gasteiger charge is 2.48. The van der Waals surface area contributed by atoms with E-state index in [1.54, 1.807) is 11.2 Å². The number of nitrogens with zero attached hydrogens (tertiary/aromatic N) is 2. The first kappa shape index (κ1) is 21.6. The zero-order valence-electron chi connectivity index (χ0n) is 19.3. The van der Waals surface area contributed by atoms with Gasteiger partial charge in [0.1, 0.15) is 17.0 Å². The average Bonchev–Trinajstić information content (AvgIpc) is 3.47. The van der Waals surface area contributed by atoms with Crippen LogP contribution >= 0.6 is 0 Å². The molecular formula is C27H31N3O3. The first-order valence-electron chi connectivity index (χ1n) is 11.9. The summed E-state index contributed by atoms with van der Waals surface area (Å²) in [5, 5.41) is 3.28. The maximum absolute atomic E-state index is 13.8. The first-order valence-corrected chi connectivity index (χ1v) is 11.9. The molecule has 33 heavy (non-hydrogen) atoms. The Balaban J connectivity index is 1.53. The summed E-state index contributed by atoms with van der Waals surface area (Å²) in [5.74, 6) is 0.471. The summed E-state index contributed by atoms with van der Waals surface area (Å²) in [6.45, 7) is 4.70. The molecule has 1 aromatic carbocycles. The number of carbonyl (C=O) groups is 2. The van der Waals surface area contributed by atoms with Gasteiger partial charge < -0.3 is 19.2 Å². The third-order valence-electron chi connectivity index (χ3n) is 7.13. The van der Waals surface area contributed by atoms with Crippen molar-refractivity contribution in [3.8, 4) is 11.5 Å². The second kappa shape index (κ2) is 8.58. The lowest BCUT2D eigenvalue weighted by Gasteiger charge is -2.45. The van der Waals surface area contributed by atoms with Gasteiger partial charge in [-0.25, -0.2) is 0 Å². The largest absolute Gasteiger partial charge is 0.463 e. The molecule has 1 unspecified atom stereocenters. The Morgan fingerprint density at radius 1 is 1.09 bits per heavy atom. The third-order valence-corrected chi connectivity index (χ3v) is 7.13. The molecule has 1 aliphatic carbocycles. The van der Waals surface area contributed by atoms with E-state index in [9.17, 15) is 9.59 Å². The topological polar surface area (TPSA) is 67.5 Å². The van der Waals surface area contributed by atoms with Crippen LogP contribution in [0.3, 0.4) is 0 Å². The number of rotatable bonds is 5. The van der Waals surface area contributed by atoms with Crippen molar-refractivity contribution >= 4 is 11.8 Å². The molecule has 0 radical (unpaired) electrons. The fraction of sp³-hybridized carbons (Fsp3) is 0.407. The minimum absolute atomic E-state index is 0.0832. The van der Waals surface area contributed by atoms with Crippen LogP contribution in [0.4, 0.5) is 0 Å². The van der Waals surface area contributed by atoms with E-state index in [4.69, 9.17) is 4.42 Å². The van der Waals surface area contributed by atoms with Crippen molar-refractivity contribution in [3.63, 3.8) is 0 Å². The number of furan rings is 1. The fourth-order valence-corrected chi connectivity index (χ4v) is 5.24. The van der Waals surface area contributed by atoms with Crippen LogP contribution in [0, 0.1) is 6.92 Å². The maximum Gasteiger partial charge on any atom is 0.271 e. The highest BCUT2D eigenvalue weighted by atomic mass is 16.3. The van der Waals surface area contributed by atoms with Crippen LogP contribution in [-0.2, 0) is 17.9 Å². The van der Waals surface area contributed by atoms with E-state index in [0.29, 0.717) is 24.5 Å². The number of amides is 2. The highest BCUT2D eigenvalue weighted by molar-refractivity contribution is 6.00. The summed E-state index contributed by atoms with van der Waals surface area (Å²) >= 11 is 0. The lowest BCUT2D eigenvalue weighted by Crippen LogP contribution is -2.64. The summed E-state index contributed by atoms with van der Waals surface area (Å²) in [7, 11) is 0. The van der Waals surface area contributed by atoms with Gasteiger partial charge in [0.2, 0.25) is 5.91 Å². The number of benzene rings is 1. The lowest BCUT2D eigenvalue weighted by atomic mass is 9.91. The smallest absolute Gasteiger partial charge is 0.271 e. The van der Waals surface area contributed by atoms with Crippen LogP contribution in [-0.4, -0.2) is 32.9 Å².